The third-order valence-electron chi connectivity index (χ3n) is 3.84. The van der Waals surface area contributed by atoms with E-state index in [0.717, 1.165) is 12.8 Å². The highest BCUT2D eigenvalue weighted by atomic mass is 19.1. The van der Waals surface area contributed by atoms with Crippen LogP contribution in [0.5, 0.6) is 0 Å². The molecule has 1 aliphatic rings. The minimum atomic E-state index is -0.415. The van der Waals surface area contributed by atoms with Crippen LogP contribution in [0.4, 0.5) is 10.1 Å². The highest BCUT2D eigenvalue weighted by Gasteiger charge is 2.26. The summed E-state index contributed by atoms with van der Waals surface area (Å²) < 4.78 is 13.7. The van der Waals surface area contributed by atoms with Crippen molar-refractivity contribution in [2.75, 3.05) is 32.1 Å². The molecule has 1 fully saturated rings. The van der Waals surface area contributed by atoms with Crippen molar-refractivity contribution >= 4 is 11.6 Å². The van der Waals surface area contributed by atoms with E-state index < -0.39 is 5.82 Å². The number of para-hydroxylation sites is 1. The number of piperidine rings is 1. The van der Waals surface area contributed by atoms with Crippen molar-refractivity contribution in [3.8, 4) is 0 Å². The third-order valence-corrected chi connectivity index (χ3v) is 3.84. The van der Waals surface area contributed by atoms with Gasteiger partial charge in [0, 0.05) is 26.7 Å². The summed E-state index contributed by atoms with van der Waals surface area (Å²) >= 11 is 0. The lowest BCUT2D eigenvalue weighted by Crippen LogP contribution is -2.40. The molecule has 4 nitrogen and oxygen atoms in total. The summed E-state index contributed by atoms with van der Waals surface area (Å²) in [5.74, 6) is -0.219. The first-order valence-corrected chi connectivity index (χ1v) is 7.03. The van der Waals surface area contributed by atoms with E-state index >= 15 is 0 Å². The van der Waals surface area contributed by atoms with E-state index in [1.807, 2.05) is 0 Å². The van der Waals surface area contributed by atoms with E-state index in [1.54, 1.807) is 24.1 Å². The van der Waals surface area contributed by atoms with Crippen LogP contribution in [-0.4, -0.2) is 42.7 Å². The first-order valence-electron chi connectivity index (χ1n) is 7.03. The molecule has 1 unspecified atom stereocenters. The summed E-state index contributed by atoms with van der Waals surface area (Å²) in [7, 11) is 1.61. The molecule has 1 aromatic carbocycles. The number of aliphatic hydroxyl groups is 1. The molecule has 0 radical (unpaired) electrons. The van der Waals surface area contributed by atoms with E-state index in [9.17, 15) is 9.18 Å². The lowest BCUT2D eigenvalue weighted by molar-refractivity contribution is 0.0654. The minimum absolute atomic E-state index is 0.142. The van der Waals surface area contributed by atoms with Gasteiger partial charge in [-0.1, -0.05) is 6.07 Å². The summed E-state index contributed by atoms with van der Waals surface area (Å²) in [6.45, 7) is 1.48. The molecule has 20 heavy (non-hydrogen) atoms. The van der Waals surface area contributed by atoms with Gasteiger partial charge in [0.25, 0.3) is 5.91 Å². The normalized spacial score (nSPS) is 18.9. The number of hydrogen-bond acceptors (Lipinski definition) is 3. The molecule has 0 saturated carbocycles. The summed E-state index contributed by atoms with van der Waals surface area (Å²) in [6.07, 6.45) is 2.68. The summed E-state index contributed by atoms with van der Waals surface area (Å²) in [5.41, 5.74) is 0.624. The molecule has 110 valence electrons. The van der Waals surface area contributed by atoms with Crippen LogP contribution in [0.25, 0.3) is 0 Å². The number of likely N-dealkylation sites (tertiary alicyclic amines) is 1. The molecule has 5 heteroatoms. The zero-order chi connectivity index (χ0) is 14.5. The first-order chi connectivity index (χ1) is 9.67. The quantitative estimate of drug-likeness (QED) is 0.888. The fourth-order valence-corrected chi connectivity index (χ4v) is 2.79. The average Bonchev–Trinajstić information content (AvgIpc) is 2.47. The average molecular weight is 280 g/mol. The molecule has 1 heterocycles. The molecule has 1 aromatic rings. The maximum absolute atomic E-state index is 13.7. The molecule has 2 N–H and O–H groups in total. The van der Waals surface area contributed by atoms with Crippen molar-refractivity contribution in [3.05, 3.63) is 29.6 Å². The van der Waals surface area contributed by atoms with E-state index in [-0.39, 0.29) is 18.2 Å². The second kappa shape index (κ2) is 6.70. The molecule has 1 aliphatic heterocycles. The molecular formula is C15H21FN2O2. The number of aliphatic hydroxyl groups excluding tert-OH is 1. The Labute approximate surface area is 118 Å². The topological polar surface area (TPSA) is 52.6 Å². The van der Waals surface area contributed by atoms with Crippen molar-refractivity contribution in [2.24, 2.45) is 5.92 Å². The summed E-state index contributed by atoms with van der Waals surface area (Å²) in [5, 5.41) is 11.8. The Balaban J connectivity index is 2.16. The number of benzene rings is 1. The van der Waals surface area contributed by atoms with Crippen LogP contribution in [0.2, 0.25) is 0 Å². The van der Waals surface area contributed by atoms with Gasteiger partial charge >= 0.3 is 0 Å². The second-order valence-corrected chi connectivity index (χ2v) is 5.18. The standard InChI is InChI=1S/C15H21FN2O2/c1-17-14-12(5-2-6-13(14)16)15(20)18-8-3-4-11(10-18)7-9-19/h2,5-6,11,17,19H,3-4,7-10H2,1H3. The lowest BCUT2D eigenvalue weighted by Gasteiger charge is -2.33. The highest BCUT2D eigenvalue weighted by molar-refractivity contribution is 5.99. The first kappa shape index (κ1) is 14.8. The molecule has 0 bridgehead atoms. The molecule has 2 rings (SSSR count). The maximum Gasteiger partial charge on any atom is 0.256 e. The molecule has 0 spiro atoms. The number of halogens is 1. The minimum Gasteiger partial charge on any atom is -0.396 e. The van der Waals surface area contributed by atoms with Gasteiger partial charge in [-0.25, -0.2) is 4.39 Å². The van der Waals surface area contributed by atoms with Gasteiger partial charge in [0.2, 0.25) is 0 Å². The fourth-order valence-electron chi connectivity index (χ4n) is 2.79. The number of anilines is 1. The smallest absolute Gasteiger partial charge is 0.256 e. The van der Waals surface area contributed by atoms with Gasteiger partial charge in [0.15, 0.2) is 0 Å². The number of hydrogen-bond donors (Lipinski definition) is 2. The Morgan fingerprint density at radius 2 is 2.35 bits per heavy atom. The van der Waals surface area contributed by atoms with Crippen LogP contribution < -0.4 is 5.32 Å². The predicted octanol–water partition coefficient (Wildman–Crippen LogP) is 2.10. The molecular weight excluding hydrogens is 259 g/mol. The predicted molar refractivity (Wildman–Crippen MR) is 76.3 cm³/mol. The number of nitrogens with one attached hydrogen (secondary N) is 1. The monoisotopic (exact) mass is 280 g/mol. The number of carbonyl (C=O) groups excluding carboxylic acids is 1. The number of carbonyl (C=O) groups is 1. The maximum atomic E-state index is 13.7. The lowest BCUT2D eigenvalue weighted by atomic mass is 9.94. The van der Waals surface area contributed by atoms with Gasteiger partial charge in [-0.05, 0) is 37.3 Å². The molecule has 0 aromatic heterocycles. The van der Waals surface area contributed by atoms with Crippen molar-refractivity contribution in [2.45, 2.75) is 19.3 Å². The number of nitrogens with zero attached hydrogens (tertiary/aromatic N) is 1. The molecule has 1 atom stereocenters. The van der Waals surface area contributed by atoms with Crippen LogP contribution in [0, 0.1) is 11.7 Å². The van der Waals surface area contributed by atoms with Gasteiger partial charge in [-0.2, -0.15) is 0 Å². The fraction of sp³-hybridized carbons (Fsp3) is 0.533. The van der Waals surface area contributed by atoms with Gasteiger partial charge < -0.3 is 15.3 Å². The SMILES string of the molecule is CNc1c(F)cccc1C(=O)N1CCCC(CCO)C1. The van der Waals surface area contributed by atoms with E-state index in [4.69, 9.17) is 5.11 Å². The molecule has 1 saturated heterocycles. The Morgan fingerprint density at radius 1 is 1.55 bits per heavy atom. The van der Waals surface area contributed by atoms with Crippen LogP contribution >= 0.6 is 0 Å². The molecule has 1 amide bonds. The van der Waals surface area contributed by atoms with Crippen molar-refractivity contribution in [1.29, 1.82) is 0 Å². The second-order valence-electron chi connectivity index (χ2n) is 5.18. The Bertz CT molecular complexity index is 477. The van der Waals surface area contributed by atoms with Crippen LogP contribution in [0.3, 0.4) is 0 Å². The van der Waals surface area contributed by atoms with E-state index in [0.29, 0.717) is 31.0 Å². The number of rotatable bonds is 4. The molecule has 0 aliphatic carbocycles. The van der Waals surface area contributed by atoms with Crippen molar-refractivity contribution in [3.63, 3.8) is 0 Å². The van der Waals surface area contributed by atoms with E-state index in [1.165, 1.54) is 6.07 Å². The largest absolute Gasteiger partial charge is 0.396 e. The van der Waals surface area contributed by atoms with Gasteiger partial charge in [-0.3, -0.25) is 4.79 Å². The van der Waals surface area contributed by atoms with Crippen molar-refractivity contribution in [1.82, 2.24) is 4.90 Å². The third kappa shape index (κ3) is 3.10. The highest BCUT2D eigenvalue weighted by Crippen LogP contribution is 2.25. The van der Waals surface area contributed by atoms with Crippen LogP contribution in [0.15, 0.2) is 18.2 Å². The Hall–Kier alpha value is -1.62. The zero-order valence-electron chi connectivity index (χ0n) is 11.7. The Kier molecular flexibility index (Phi) is 4.95. The van der Waals surface area contributed by atoms with Crippen LogP contribution in [0.1, 0.15) is 29.6 Å². The van der Waals surface area contributed by atoms with Crippen LogP contribution in [-0.2, 0) is 0 Å². The number of amides is 1. The van der Waals surface area contributed by atoms with Gasteiger partial charge in [-0.15, -0.1) is 0 Å². The van der Waals surface area contributed by atoms with Gasteiger partial charge in [0.05, 0.1) is 11.3 Å². The van der Waals surface area contributed by atoms with Gasteiger partial charge in [0.1, 0.15) is 5.82 Å². The summed E-state index contributed by atoms with van der Waals surface area (Å²) in [4.78, 5) is 14.3. The Morgan fingerprint density at radius 3 is 3.05 bits per heavy atom. The zero-order valence-corrected chi connectivity index (χ0v) is 11.7. The van der Waals surface area contributed by atoms with E-state index in [2.05, 4.69) is 5.32 Å². The van der Waals surface area contributed by atoms with Crippen molar-refractivity contribution < 1.29 is 14.3 Å². The summed E-state index contributed by atoms with van der Waals surface area (Å²) in [6, 6.07) is 4.54.